The first-order valence-corrected chi connectivity index (χ1v) is 6.13. The molecule has 19 heavy (non-hydrogen) atoms. The van der Waals surface area contributed by atoms with Gasteiger partial charge in [-0.2, -0.15) is 13.2 Å². The van der Waals surface area contributed by atoms with Crippen molar-refractivity contribution in [2.45, 2.75) is 18.2 Å². The molecule has 0 N–H and O–H groups in total. The second-order valence-corrected chi connectivity index (χ2v) is 5.42. The lowest BCUT2D eigenvalue weighted by Crippen LogP contribution is -2.36. The van der Waals surface area contributed by atoms with Gasteiger partial charge in [0.25, 0.3) is 5.92 Å². The van der Waals surface area contributed by atoms with E-state index in [1.807, 2.05) is 0 Å². The number of aromatic nitrogens is 1. The lowest BCUT2D eigenvalue weighted by molar-refractivity contribution is -0.137. The van der Waals surface area contributed by atoms with Crippen LogP contribution in [0.2, 0.25) is 0 Å². The van der Waals surface area contributed by atoms with E-state index in [4.69, 9.17) is 4.74 Å². The molecule has 0 radical (unpaired) electrons. The second-order valence-electron chi connectivity index (χ2n) is 4.05. The molecule has 0 bridgehead atoms. The van der Waals surface area contributed by atoms with Crippen molar-refractivity contribution in [2.24, 2.45) is 0 Å². The molecule has 1 fully saturated rings. The Balaban J connectivity index is 2.08. The lowest BCUT2D eigenvalue weighted by atomic mass is 10.2. The van der Waals surface area contributed by atoms with Crippen LogP contribution < -0.4 is 4.74 Å². The van der Waals surface area contributed by atoms with Crippen molar-refractivity contribution in [3.63, 3.8) is 0 Å². The largest absolute Gasteiger partial charge is 0.466 e. The van der Waals surface area contributed by atoms with Gasteiger partial charge in [0, 0.05) is 35.1 Å². The summed E-state index contributed by atoms with van der Waals surface area (Å²) < 4.78 is 70.0. The molecule has 0 aromatic carbocycles. The summed E-state index contributed by atoms with van der Waals surface area (Å²) in [5.41, 5.74) is -0.950. The van der Waals surface area contributed by atoms with Gasteiger partial charge in [-0.15, -0.1) is 0 Å². The average Bonchev–Trinajstić information content (AvgIpc) is 2.51. The Morgan fingerprint density at radius 2 is 2.05 bits per heavy atom. The fourth-order valence-electron chi connectivity index (χ4n) is 1.60. The molecule has 1 aromatic rings. The van der Waals surface area contributed by atoms with Crippen LogP contribution in [0, 0.1) is 0 Å². The van der Waals surface area contributed by atoms with E-state index in [1.165, 1.54) is 3.11 Å². The molecule has 2 heterocycles. The normalized spacial score (nSPS) is 23.6. The van der Waals surface area contributed by atoms with Gasteiger partial charge in [0.15, 0.2) is 6.10 Å². The number of hydrogen-bond donors (Lipinski definition) is 0. The number of nitrogens with zero attached hydrogens (tertiary/aromatic N) is 2. The van der Waals surface area contributed by atoms with Crippen LogP contribution in [0.4, 0.5) is 22.0 Å². The lowest BCUT2D eigenvalue weighted by Gasteiger charge is -2.18. The molecule has 9 heteroatoms. The minimum Gasteiger partial charge on any atom is -0.466 e. The molecule has 106 valence electrons. The predicted octanol–water partition coefficient (Wildman–Crippen LogP) is 3.15. The van der Waals surface area contributed by atoms with Crippen molar-refractivity contribution in [1.29, 1.82) is 0 Å². The van der Waals surface area contributed by atoms with E-state index in [0.29, 0.717) is 6.20 Å². The van der Waals surface area contributed by atoms with Crippen LogP contribution in [0.15, 0.2) is 18.3 Å². The maximum Gasteiger partial charge on any atom is 0.417 e. The molecule has 1 aliphatic rings. The quantitative estimate of drug-likeness (QED) is 0.438. The van der Waals surface area contributed by atoms with Crippen LogP contribution >= 0.6 is 22.9 Å². The smallest absolute Gasteiger partial charge is 0.417 e. The highest BCUT2D eigenvalue weighted by Gasteiger charge is 2.49. The van der Waals surface area contributed by atoms with Crippen LogP contribution in [-0.4, -0.2) is 33.2 Å². The van der Waals surface area contributed by atoms with Gasteiger partial charge in [-0.05, 0) is 6.07 Å². The summed E-state index contributed by atoms with van der Waals surface area (Å²) in [6.45, 7) is -0.477. The molecule has 2 rings (SSSR count). The van der Waals surface area contributed by atoms with Crippen molar-refractivity contribution in [3.05, 3.63) is 23.9 Å². The molecule has 0 unspecified atom stereocenters. The summed E-state index contributed by atoms with van der Waals surface area (Å²) in [5, 5.41) is 0. The van der Waals surface area contributed by atoms with E-state index in [9.17, 15) is 22.0 Å². The summed E-state index contributed by atoms with van der Waals surface area (Å²) in [4.78, 5) is 3.40. The first-order chi connectivity index (χ1) is 8.68. The molecule has 1 aliphatic heterocycles. The summed E-state index contributed by atoms with van der Waals surface area (Å²) in [5.74, 6) is -3.30. The Morgan fingerprint density at radius 3 is 2.47 bits per heavy atom. The molecule has 1 aromatic heterocycles. The van der Waals surface area contributed by atoms with Gasteiger partial charge < -0.3 is 4.74 Å². The zero-order chi connectivity index (χ0) is 14.3. The Labute approximate surface area is 119 Å². The third-order valence-corrected chi connectivity index (χ3v) is 3.28. The van der Waals surface area contributed by atoms with Crippen molar-refractivity contribution >= 4 is 22.9 Å². The molecule has 0 aliphatic carbocycles. The SMILES string of the molecule is FC(F)(F)c1ccc(O[C@@H]2CN(I)CC2(F)F)nc1. The van der Waals surface area contributed by atoms with E-state index in [1.54, 1.807) is 22.9 Å². The van der Waals surface area contributed by atoms with Gasteiger partial charge in [-0.3, -0.25) is 0 Å². The monoisotopic (exact) mass is 394 g/mol. The number of ether oxygens (including phenoxy) is 1. The van der Waals surface area contributed by atoms with E-state index in [2.05, 4.69) is 4.98 Å². The number of halogens is 6. The molecular formula is C10H8F5IN2O. The van der Waals surface area contributed by atoms with Gasteiger partial charge in [0.2, 0.25) is 5.88 Å². The van der Waals surface area contributed by atoms with Crippen molar-refractivity contribution in [2.75, 3.05) is 13.1 Å². The van der Waals surface area contributed by atoms with E-state index in [0.717, 1.165) is 12.1 Å². The Morgan fingerprint density at radius 1 is 1.37 bits per heavy atom. The minimum atomic E-state index is -4.51. The van der Waals surface area contributed by atoms with Crippen LogP contribution in [0.5, 0.6) is 5.88 Å². The van der Waals surface area contributed by atoms with Crippen molar-refractivity contribution in [1.82, 2.24) is 8.10 Å². The fraction of sp³-hybridized carbons (Fsp3) is 0.500. The highest BCUT2D eigenvalue weighted by Crippen LogP contribution is 2.33. The number of alkyl halides is 5. The predicted molar refractivity (Wildman–Crippen MR) is 64.2 cm³/mol. The van der Waals surface area contributed by atoms with Crippen LogP contribution in [0.3, 0.4) is 0 Å². The molecule has 3 nitrogen and oxygen atoms in total. The standard InChI is InChI=1S/C10H8F5IN2O/c11-9(12)5-18(16)4-7(9)19-8-2-1-6(3-17-8)10(13,14)15/h1-3,7H,4-5H2/t7-/m1/s1. The van der Waals surface area contributed by atoms with Crippen molar-refractivity contribution < 1.29 is 26.7 Å². The third-order valence-electron chi connectivity index (χ3n) is 2.54. The van der Waals surface area contributed by atoms with Gasteiger partial charge in [0.05, 0.1) is 18.7 Å². The summed E-state index contributed by atoms with van der Waals surface area (Å²) >= 11 is 1.74. The zero-order valence-electron chi connectivity index (χ0n) is 9.29. The van der Waals surface area contributed by atoms with Gasteiger partial charge >= 0.3 is 6.18 Å². The van der Waals surface area contributed by atoms with Crippen LogP contribution in [-0.2, 0) is 6.18 Å². The van der Waals surface area contributed by atoms with Crippen LogP contribution in [0.1, 0.15) is 5.56 Å². The molecule has 1 saturated heterocycles. The molecule has 1 atom stereocenters. The first-order valence-electron chi connectivity index (χ1n) is 5.17. The molecule has 0 amide bonds. The maximum absolute atomic E-state index is 13.4. The minimum absolute atomic E-state index is 0.0176. The summed E-state index contributed by atoms with van der Waals surface area (Å²) in [6.07, 6.45) is -5.36. The number of rotatable bonds is 2. The summed E-state index contributed by atoms with van der Waals surface area (Å²) in [6, 6.07) is 1.69. The van der Waals surface area contributed by atoms with Gasteiger partial charge in [-0.25, -0.2) is 16.9 Å². The van der Waals surface area contributed by atoms with E-state index >= 15 is 0 Å². The molecular weight excluding hydrogens is 386 g/mol. The maximum atomic E-state index is 13.4. The third kappa shape index (κ3) is 3.44. The Bertz CT molecular complexity index is 450. The van der Waals surface area contributed by atoms with E-state index in [-0.39, 0.29) is 12.4 Å². The fourth-order valence-corrected chi connectivity index (χ4v) is 2.41. The van der Waals surface area contributed by atoms with Gasteiger partial charge in [0.1, 0.15) is 0 Å². The topological polar surface area (TPSA) is 25.4 Å². The first kappa shape index (κ1) is 14.7. The molecule has 0 spiro atoms. The molecule has 0 saturated carbocycles. The number of hydrogen-bond acceptors (Lipinski definition) is 3. The second kappa shape index (κ2) is 5.00. The van der Waals surface area contributed by atoms with E-state index < -0.39 is 30.3 Å². The highest BCUT2D eigenvalue weighted by molar-refractivity contribution is 14.1. The van der Waals surface area contributed by atoms with Gasteiger partial charge in [-0.1, -0.05) is 0 Å². The van der Waals surface area contributed by atoms with Crippen molar-refractivity contribution in [3.8, 4) is 5.88 Å². The zero-order valence-corrected chi connectivity index (χ0v) is 11.5. The Kier molecular flexibility index (Phi) is 3.87. The van der Waals surface area contributed by atoms with Crippen LogP contribution in [0.25, 0.3) is 0 Å². The summed E-state index contributed by atoms with van der Waals surface area (Å²) in [7, 11) is 0. The highest BCUT2D eigenvalue weighted by atomic mass is 127. The average molecular weight is 394 g/mol. The number of pyridine rings is 1. The Hall–Kier alpha value is -0.710.